The average molecular weight is 913 g/mol. The van der Waals surface area contributed by atoms with E-state index in [-0.39, 0.29) is 42.6 Å². The van der Waals surface area contributed by atoms with Crippen LogP contribution >= 0.6 is 12.6 Å². The number of amides is 2. The van der Waals surface area contributed by atoms with E-state index < -0.39 is 0 Å². The van der Waals surface area contributed by atoms with Gasteiger partial charge in [-0.15, -0.1) is 0 Å². The highest BCUT2D eigenvalue weighted by molar-refractivity contribution is 7.81. The summed E-state index contributed by atoms with van der Waals surface area (Å²) in [7, 11) is 5.19. The van der Waals surface area contributed by atoms with Gasteiger partial charge in [0.25, 0.3) is 5.91 Å². The van der Waals surface area contributed by atoms with E-state index in [1.165, 1.54) is 11.1 Å². The minimum Gasteiger partial charge on any atom is -0.493 e. The number of thiol groups is 1. The lowest BCUT2D eigenvalue weighted by atomic mass is 10.1. The topological polar surface area (TPSA) is 146 Å². The van der Waals surface area contributed by atoms with Gasteiger partial charge < -0.3 is 47.9 Å². The van der Waals surface area contributed by atoms with Crippen molar-refractivity contribution in [3.8, 4) is 28.7 Å². The lowest BCUT2D eigenvalue weighted by Crippen LogP contribution is -2.35. The molecule has 0 N–H and O–H groups in total. The monoisotopic (exact) mass is 912 g/mol. The van der Waals surface area contributed by atoms with E-state index in [1.807, 2.05) is 68.4 Å². The highest BCUT2D eigenvalue weighted by Gasteiger charge is 2.35. The molecule has 1 aromatic heterocycles. The molecule has 0 saturated carbocycles. The Hall–Kier alpha value is -5.42. The predicted octanol–water partition coefficient (Wildman–Crippen LogP) is 7.37. The molecule has 350 valence electrons. The van der Waals surface area contributed by atoms with E-state index in [9.17, 15) is 9.59 Å². The molecule has 15 nitrogen and oxygen atoms in total. The van der Waals surface area contributed by atoms with Gasteiger partial charge in [-0.1, -0.05) is 23.3 Å². The molecule has 0 aliphatic carbocycles. The van der Waals surface area contributed by atoms with Gasteiger partial charge in [0.1, 0.15) is 25.6 Å². The van der Waals surface area contributed by atoms with Crippen LogP contribution in [0.15, 0.2) is 69.7 Å². The van der Waals surface area contributed by atoms with Crippen LogP contribution in [0, 0.1) is 6.92 Å². The molecule has 2 amide bonds. The van der Waals surface area contributed by atoms with Crippen LogP contribution in [0.25, 0.3) is 0 Å². The molecule has 3 aromatic rings. The van der Waals surface area contributed by atoms with Gasteiger partial charge in [-0.05, 0) is 72.2 Å². The zero-order valence-corrected chi connectivity index (χ0v) is 39.9. The summed E-state index contributed by atoms with van der Waals surface area (Å²) in [4.78, 5) is 45.6. The number of carbonyl (C=O) groups is 2. The second kappa shape index (κ2) is 23.2. The summed E-state index contributed by atoms with van der Waals surface area (Å²) in [5.74, 6) is 2.29. The molecule has 0 radical (unpaired) electrons. The summed E-state index contributed by atoms with van der Waals surface area (Å²) in [5.41, 5.74) is 6.09. The van der Waals surface area contributed by atoms with Crippen molar-refractivity contribution >= 4 is 48.8 Å². The third kappa shape index (κ3) is 13.6. The SMILES string of the molecule is C/C=C1\CC(C=Nc2cc(OCc3cc(OCCOCCOCCN(C)CC(C)(C)S)cc(COc4cc5c(cc4OC)C(=O)N4C/C(=C/C)CC4C=N5)n3)c(OC)cc2C)N(C=O)C1. The Balaban J connectivity index is 1.15. The smallest absolute Gasteiger partial charge is 0.257 e. The third-order valence-corrected chi connectivity index (χ3v) is 11.4. The number of fused-ring (bicyclic) bond motifs is 2. The maximum Gasteiger partial charge on any atom is 0.257 e. The second-order valence-corrected chi connectivity index (χ2v) is 18.2. The van der Waals surface area contributed by atoms with Gasteiger partial charge in [-0.25, -0.2) is 0 Å². The quantitative estimate of drug-likeness (QED) is 0.0335. The van der Waals surface area contributed by atoms with Gasteiger partial charge in [0, 0.05) is 67.6 Å². The van der Waals surface area contributed by atoms with Crippen LogP contribution in [0.4, 0.5) is 11.4 Å². The number of allylic oxidation sites excluding steroid dienone is 2. The molecule has 3 aliphatic rings. The molecule has 3 aliphatic heterocycles. The fraction of sp³-hybridized carbons (Fsp3) is 0.490. The summed E-state index contributed by atoms with van der Waals surface area (Å²) in [5, 5.41) is 0. The fourth-order valence-electron chi connectivity index (χ4n) is 7.91. The number of likely N-dealkylation sites (tertiary alicyclic amines) is 1. The molecule has 65 heavy (non-hydrogen) atoms. The Kier molecular flexibility index (Phi) is 17.5. The first-order valence-corrected chi connectivity index (χ1v) is 22.5. The van der Waals surface area contributed by atoms with E-state index in [2.05, 4.69) is 44.5 Å². The number of ether oxygens (including phenoxy) is 7. The predicted molar refractivity (Wildman–Crippen MR) is 256 cm³/mol. The van der Waals surface area contributed by atoms with Crippen molar-refractivity contribution in [1.82, 2.24) is 19.7 Å². The van der Waals surface area contributed by atoms with Crippen molar-refractivity contribution in [1.29, 1.82) is 0 Å². The third-order valence-electron chi connectivity index (χ3n) is 11.3. The van der Waals surface area contributed by atoms with Gasteiger partial charge in [-0.3, -0.25) is 24.6 Å². The number of nitrogens with zero attached hydrogens (tertiary/aromatic N) is 6. The molecule has 16 heteroatoms. The van der Waals surface area contributed by atoms with Crippen molar-refractivity contribution in [2.45, 2.75) is 77.5 Å². The maximum atomic E-state index is 13.7. The zero-order chi connectivity index (χ0) is 46.5. The molecule has 2 fully saturated rings. The van der Waals surface area contributed by atoms with E-state index in [0.29, 0.717) is 96.6 Å². The molecule has 4 heterocycles. The molecular weight excluding hydrogens is 849 g/mol. The number of methoxy groups -OCH3 is 2. The molecule has 2 aromatic carbocycles. The molecule has 6 rings (SSSR count). The van der Waals surface area contributed by atoms with Crippen molar-refractivity contribution < 1.29 is 42.7 Å². The Morgan fingerprint density at radius 1 is 0.846 bits per heavy atom. The molecular formula is C49H64N6O9S. The minimum absolute atomic E-state index is 0.0472. The Bertz CT molecular complexity index is 2260. The normalized spacial score (nSPS) is 18.5. The van der Waals surface area contributed by atoms with Gasteiger partial charge in [-0.2, -0.15) is 12.6 Å². The van der Waals surface area contributed by atoms with E-state index in [0.717, 1.165) is 37.9 Å². The van der Waals surface area contributed by atoms with E-state index >= 15 is 0 Å². The molecule has 0 bridgehead atoms. The maximum absolute atomic E-state index is 13.7. The largest absolute Gasteiger partial charge is 0.493 e. The number of aliphatic imine (C=N–C) groups is 2. The zero-order valence-electron chi connectivity index (χ0n) is 39.0. The van der Waals surface area contributed by atoms with Crippen LogP contribution in [0.1, 0.15) is 67.8 Å². The highest BCUT2D eigenvalue weighted by atomic mass is 32.1. The number of aryl methyl sites for hydroxylation is 1. The standard InChI is InChI=1S/C49H64N6O9S/c1-9-34-18-38(54(27-34)32-56)25-50-42-23-46(44(58-7)17-33(42)3)63-29-36-20-40(62-16-15-61-14-13-60-12-11-53(6)31-49(4,5)65)21-37(52-36)30-64-47-24-43-41(22-45(47)59-8)48(57)55-28-35(10-2)19-39(55)26-51-43/h9-10,17,20-26,32,38-39,65H,11-16,18-19,27-31H2,1-8H3/b34-9+,35-10+,50-25?. The Labute approximate surface area is 388 Å². The van der Waals surface area contributed by atoms with Crippen molar-refractivity contribution in [3.63, 3.8) is 0 Å². The number of hydrogen-bond acceptors (Lipinski definition) is 14. The highest BCUT2D eigenvalue weighted by Crippen LogP contribution is 2.40. The van der Waals surface area contributed by atoms with Crippen LogP contribution in [0.2, 0.25) is 0 Å². The molecule has 2 saturated heterocycles. The van der Waals surface area contributed by atoms with Crippen molar-refractivity contribution in [2.75, 3.05) is 80.5 Å². The Morgan fingerprint density at radius 3 is 2.15 bits per heavy atom. The number of benzene rings is 2. The van der Waals surface area contributed by atoms with Gasteiger partial charge >= 0.3 is 0 Å². The first-order valence-electron chi connectivity index (χ1n) is 22.0. The van der Waals surface area contributed by atoms with Gasteiger partial charge in [0.2, 0.25) is 6.41 Å². The first-order chi connectivity index (χ1) is 31.3. The lowest BCUT2D eigenvalue weighted by molar-refractivity contribution is -0.117. The lowest BCUT2D eigenvalue weighted by Gasteiger charge is -2.25. The number of carbonyl (C=O) groups excluding carboxylic acids is 2. The van der Waals surface area contributed by atoms with Crippen LogP contribution < -0.4 is 23.7 Å². The number of hydrogen-bond donors (Lipinski definition) is 1. The number of pyridine rings is 1. The van der Waals surface area contributed by atoms with Gasteiger partial charge in [0.05, 0.1) is 81.1 Å². The van der Waals surface area contributed by atoms with Crippen LogP contribution in [-0.2, 0) is 27.5 Å². The van der Waals surface area contributed by atoms with Crippen LogP contribution in [0.5, 0.6) is 28.7 Å². The van der Waals surface area contributed by atoms with Crippen molar-refractivity contribution in [3.05, 3.63) is 82.2 Å². The summed E-state index contributed by atoms with van der Waals surface area (Å²) >= 11 is 4.61. The summed E-state index contributed by atoms with van der Waals surface area (Å²) in [6, 6.07) is 10.5. The number of rotatable bonds is 23. The summed E-state index contributed by atoms with van der Waals surface area (Å²) in [6.45, 7) is 15.2. The minimum atomic E-state index is -0.130. The van der Waals surface area contributed by atoms with E-state index in [4.69, 9.17) is 48.1 Å². The summed E-state index contributed by atoms with van der Waals surface area (Å²) < 4.78 is 41.9. The average Bonchev–Trinajstić information content (AvgIpc) is 3.88. The fourth-order valence-corrected chi connectivity index (χ4v) is 8.15. The van der Waals surface area contributed by atoms with Crippen LogP contribution in [-0.4, -0.2) is 142 Å². The molecule has 0 spiro atoms. The number of likely N-dealkylation sites (N-methyl/N-ethyl adjacent to an activating group) is 1. The molecule has 2 unspecified atom stereocenters. The van der Waals surface area contributed by atoms with Crippen LogP contribution in [0.3, 0.4) is 0 Å². The first kappa shape index (κ1) is 49.0. The Morgan fingerprint density at radius 2 is 1.49 bits per heavy atom. The second-order valence-electron chi connectivity index (χ2n) is 17.0. The molecule has 2 atom stereocenters. The van der Waals surface area contributed by atoms with Gasteiger partial charge in [0.15, 0.2) is 23.0 Å². The van der Waals surface area contributed by atoms with Crippen molar-refractivity contribution in [2.24, 2.45) is 9.98 Å². The summed E-state index contributed by atoms with van der Waals surface area (Å²) in [6.07, 6.45) is 10.1. The number of aromatic nitrogens is 1. The van der Waals surface area contributed by atoms with E-state index in [1.54, 1.807) is 31.3 Å².